The fraction of sp³-hybridized carbons (Fsp3) is 0.318. The lowest BCUT2D eigenvalue weighted by molar-refractivity contribution is 0.0531. The van der Waals surface area contributed by atoms with Gasteiger partial charge >= 0.3 is 5.97 Å². The molecule has 0 fully saturated rings. The van der Waals surface area contributed by atoms with Gasteiger partial charge in [0.2, 0.25) is 0 Å². The molecule has 4 aromatic rings. The van der Waals surface area contributed by atoms with E-state index in [2.05, 4.69) is 26.7 Å². The van der Waals surface area contributed by atoms with Gasteiger partial charge in [-0.05, 0) is 39.3 Å². The summed E-state index contributed by atoms with van der Waals surface area (Å²) in [7, 11) is 0. The number of fused-ring (bicyclic) bond motifs is 1. The first kappa shape index (κ1) is 23.0. The monoisotopic (exact) mass is 485 g/mol. The minimum atomic E-state index is -0.444. The Morgan fingerprint density at radius 1 is 1.42 bits per heavy atom. The van der Waals surface area contributed by atoms with Gasteiger partial charge in [0.1, 0.15) is 21.3 Å². The molecule has 0 aromatic carbocycles. The molecule has 0 aliphatic rings. The van der Waals surface area contributed by atoms with Crippen LogP contribution in [0.1, 0.15) is 45.9 Å². The zero-order valence-electron chi connectivity index (χ0n) is 18.7. The fourth-order valence-corrected chi connectivity index (χ4v) is 5.44. The van der Waals surface area contributed by atoms with Crippen LogP contribution in [0.15, 0.2) is 39.4 Å². The number of carbonyl (C=O) groups excluding carboxylic acids is 1. The number of aromatic amines is 1. The molecule has 1 unspecified atom stereocenters. The number of ether oxygens (including phenoxy) is 1. The fourth-order valence-electron chi connectivity index (χ4n) is 3.44. The number of aryl methyl sites for hydroxylation is 2. The molecule has 1 N–H and O–H groups in total. The number of furan rings is 1. The standard InChI is InChI=1S/C22H23N5O4S2/c1-6-9-27-18(14-8-10-31-12(14)4)25-26-22(27)32-13(5)17-23-19(28)15-11(3)16(21(29)30-7-2)33-20(15)24-17/h6,8,10,13H,1,7,9H2,2-5H3,(H,23,24,28). The molecule has 0 saturated heterocycles. The average molecular weight is 486 g/mol. The smallest absolute Gasteiger partial charge is 0.348 e. The topological polar surface area (TPSA) is 116 Å². The molecule has 0 aliphatic heterocycles. The average Bonchev–Trinajstić information content (AvgIpc) is 3.46. The molecule has 0 saturated carbocycles. The van der Waals surface area contributed by atoms with Crippen LogP contribution in [0.5, 0.6) is 0 Å². The number of nitrogens with zero attached hydrogens (tertiary/aromatic N) is 4. The quantitative estimate of drug-likeness (QED) is 0.217. The second-order valence-electron chi connectivity index (χ2n) is 7.26. The lowest BCUT2D eigenvalue weighted by Gasteiger charge is -2.12. The van der Waals surface area contributed by atoms with Crippen LogP contribution in [-0.2, 0) is 11.3 Å². The predicted molar refractivity (Wildman–Crippen MR) is 128 cm³/mol. The maximum atomic E-state index is 12.8. The number of nitrogens with one attached hydrogen (secondary N) is 1. The predicted octanol–water partition coefficient (Wildman–Crippen LogP) is 4.67. The van der Waals surface area contributed by atoms with Crippen molar-refractivity contribution in [3.05, 3.63) is 57.4 Å². The van der Waals surface area contributed by atoms with E-state index in [1.165, 1.54) is 23.1 Å². The van der Waals surface area contributed by atoms with Crippen molar-refractivity contribution in [2.24, 2.45) is 0 Å². The number of thiophene rings is 1. The maximum Gasteiger partial charge on any atom is 0.348 e. The van der Waals surface area contributed by atoms with Crippen molar-refractivity contribution < 1.29 is 13.9 Å². The van der Waals surface area contributed by atoms with Crippen LogP contribution in [0.3, 0.4) is 0 Å². The van der Waals surface area contributed by atoms with Crippen molar-refractivity contribution in [3.63, 3.8) is 0 Å². The summed E-state index contributed by atoms with van der Waals surface area (Å²) in [6.45, 7) is 11.9. The van der Waals surface area contributed by atoms with Crippen molar-refractivity contribution in [3.8, 4) is 11.4 Å². The second kappa shape index (κ2) is 9.36. The normalized spacial score (nSPS) is 12.2. The van der Waals surface area contributed by atoms with Crippen LogP contribution in [0.4, 0.5) is 0 Å². The Kier molecular flexibility index (Phi) is 6.52. The van der Waals surface area contributed by atoms with Gasteiger partial charge in [-0.1, -0.05) is 17.8 Å². The molecular weight excluding hydrogens is 462 g/mol. The van der Waals surface area contributed by atoms with E-state index in [4.69, 9.17) is 9.15 Å². The molecule has 11 heteroatoms. The lowest BCUT2D eigenvalue weighted by Crippen LogP contribution is -2.13. The van der Waals surface area contributed by atoms with Gasteiger partial charge in [0.05, 0.1) is 29.1 Å². The Bertz CT molecular complexity index is 1400. The Morgan fingerprint density at radius 3 is 2.88 bits per heavy atom. The van der Waals surface area contributed by atoms with Gasteiger partial charge in [-0.2, -0.15) is 0 Å². The Hall–Kier alpha value is -3.18. The highest BCUT2D eigenvalue weighted by atomic mass is 32.2. The van der Waals surface area contributed by atoms with E-state index in [1.807, 2.05) is 24.5 Å². The third kappa shape index (κ3) is 4.25. The number of aromatic nitrogens is 5. The van der Waals surface area contributed by atoms with Crippen molar-refractivity contribution in [1.82, 2.24) is 24.7 Å². The molecular formula is C22H23N5O4S2. The minimum Gasteiger partial charge on any atom is -0.469 e. The van der Waals surface area contributed by atoms with Gasteiger partial charge in [0, 0.05) is 6.54 Å². The molecule has 4 heterocycles. The maximum absolute atomic E-state index is 12.8. The van der Waals surface area contributed by atoms with E-state index in [1.54, 1.807) is 26.2 Å². The van der Waals surface area contributed by atoms with E-state index in [0.717, 1.165) is 11.3 Å². The summed E-state index contributed by atoms with van der Waals surface area (Å²) in [6, 6.07) is 1.85. The summed E-state index contributed by atoms with van der Waals surface area (Å²) in [5, 5.41) is 9.54. The van der Waals surface area contributed by atoms with E-state index >= 15 is 0 Å². The van der Waals surface area contributed by atoms with Gasteiger partial charge in [-0.25, -0.2) is 9.78 Å². The van der Waals surface area contributed by atoms with Crippen molar-refractivity contribution in [2.75, 3.05) is 6.61 Å². The lowest BCUT2D eigenvalue weighted by atomic mass is 10.2. The van der Waals surface area contributed by atoms with Crippen LogP contribution in [0.2, 0.25) is 0 Å². The number of hydrogen-bond acceptors (Lipinski definition) is 9. The van der Waals surface area contributed by atoms with Crippen molar-refractivity contribution in [1.29, 1.82) is 0 Å². The highest BCUT2D eigenvalue weighted by molar-refractivity contribution is 7.99. The first-order valence-electron chi connectivity index (χ1n) is 10.3. The zero-order valence-corrected chi connectivity index (χ0v) is 20.3. The third-order valence-electron chi connectivity index (χ3n) is 5.08. The number of allylic oxidation sites excluding steroid dienone is 1. The highest BCUT2D eigenvalue weighted by Crippen LogP contribution is 2.36. The SMILES string of the molecule is C=CCn1c(SC(C)c2nc3sc(C(=O)OCC)c(C)c3c(=O)[nH]2)nnc1-c1ccoc1C. The van der Waals surface area contributed by atoms with Gasteiger partial charge in [0.15, 0.2) is 11.0 Å². The summed E-state index contributed by atoms with van der Waals surface area (Å²) < 4.78 is 12.5. The molecule has 4 rings (SSSR count). The molecule has 0 spiro atoms. The van der Waals surface area contributed by atoms with E-state index in [9.17, 15) is 9.59 Å². The minimum absolute atomic E-state index is 0.235. The molecule has 1 atom stereocenters. The summed E-state index contributed by atoms with van der Waals surface area (Å²) in [6.07, 6.45) is 3.39. The number of carbonyl (C=O) groups is 1. The largest absolute Gasteiger partial charge is 0.469 e. The molecule has 4 aromatic heterocycles. The summed E-state index contributed by atoms with van der Waals surface area (Å²) in [4.78, 5) is 33.5. The molecule has 9 nitrogen and oxygen atoms in total. The first-order valence-corrected chi connectivity index (χ1v) is 12.0. The second-order valence-corrected chi connectivity index (χ2v) is 9.57. The van der Waals surface area contributed by atoms with Gasteiger partial charge in [0.25, 0.3) is 5.56 Å². The number of rotatable bonds is 8. The molecule has 0 amide bonds. The first-order chi connectivity index (χ1) is 15.8. The van der Waals surface area contributed by atoms with Gasteiger partial charge in [-0.3, -0.25) is 9.36 Å². The van der Waals surface area contributed by atoms with Crippen LogP contribution < -0.4 is 5.56 Å². The molecule has 0 aliphatic carbocycles. The molecule has 0 radical (unpaired) electrons. The summed E-state index contributed by atoms with van der Waals surface area (Å²) >= 11 is 2.59. The molecule has 172 valence electrons. The van der Waals surface area contributed by atoms with Crippen molar-refractivity contribution >= 4 is 39.3 Å². The van der Waals surface area contributed by atoms with Crippen LogP contribution >= 0.6 is 23.1 Å². The van der Waals surface area contributed by atoms with Gasteiger partial charge in [-0.15, -0.1) is 28.1 Å². The number of hydrogen-bond donors (Lipinski definition) is 1. The zero-order chi connectivity index (χ0) is 23.7. The van der Waals surface area contributed by atoms with E-state index in [-0.39, 0.29) is 17.4 Å². The summed E-state index contributed by atoms with van der Waals surface area (Å²) in [5.41, 5.74) is 1.16. The van der Waals surface area contributed by atoms with Crippen LogP contribution in [-0.4, -0.2) is 37.3 Å². The Balaban J connectivity index is 1.68. The van der Waals surface area contributed by atoms with E-state index < -0.39 is 5.97 Å². The number of thioether (sulfide) groups is 1. The summed E-state index contributed by atoms with van der Waals surface area (Å²) in [5.74, 6) is 1.48. The number of H-pyrrole nitrogens is 1. The number of esters is 1. The third-order valence-corrected chi connectivity index (χ3v) is 7.33. The van der Waals surface area contributed by atoms with Crippen LogP contribution in [0, 0.1) is 13.8 Å². The molecule has 33 heavy (non-hydrogen) atoms. The van der Waals surface area contributed by atoms with Crippen molar-refractivity contribution in [2.45, 2.75) is 44.6 Å². The molecule has 0 bridgehead atoms. The highest BCUT2D eigenvalue weighted by Gasteiger charge is 2.23. The Labute approximate surface area is 197 Å². The van der Waals surface area contributed by atoms with Crippen LogP contribution in [0.25, 0.3) is 21.6 Å². The van der Waals surface area contributed by atoms with Gasteiger partial charge < -0.3 is 14.1 Å². The van der Waals surface area contributed by atoms with E-state index in [0.29, 0.717) is 44.0 Å². The Morgan fingerprint density at radius 2 is 2.21 bits per heavy atom.